The lowest BCUT2D eigenvalue weighted by molar-refractivity contribution is 0.526. The van der Waals surface area contributed by atoms with Crippen molar-refractivity contribution in [1.29, 1.82) is 0 Å². The molecule has 0 N–H and O–H groups in total. The number of aryl methyl sites for hydroxylation is 1. The second kappa shape index (κ2) is 13.3. The summed E-state index contributed by atoms with van der Waals surface area (Å²) < 4.78 is 2.31. The predicted octanol–water partition coefficient (Wildman–Crippen LogP) is 13.1. The minimum atomic E-state index is -0.675. The molecule has 0 unspecified atom stereocenters. The molecular formula is C60H41N3. The lowest BCUT2D eigenvalue weighted by atomic mass is 9.64. The number of aromatic nitrogens is 3. The summed E-state index contributed by atoms with van der Waals surface area (Å²) in [6.45, 7) is 2.17. The van der Waals surface area contributed by atoms with Gasteiger partial charge in [-0.2, -0.15) is 0 Å². The fourth-order valence-electron chi connectivity index (χ4n) is 12.1. The summed E-state index contributed by atoms with van der Waals surface area (Å²) in [7, 11) is 0. The minimum absolute atomic E-state index is 0.654. The third-order valence-electron chi connectivity index (χ3n) is 14.5. The zero-order chi connectivity index (χ0) is 41.8. The highest BCUT2D eigenvalue weighted by molar-refractivity contribution is 5.89. The number of hydrogen-bond donors (Lipinski definition) is 0. The molecule has 63 heavy (non-hydrogen) atoms. The van der Waals surface area contributed by atoms with Crippen molar-refractivity contribution < 1.29 is 0 Å². The summed E-state index contributed by atoms with van der Waals surface area (Å²) >= 11 is 0. The van der Waals surface area contributed by atoms with E-state index in [0.29, 0.717) is 0 Å². The number of hydrogen-bond acceptors (Lipinski definition) is 2. The Hall–Kier alpha value is -7.88. The minimum Gasteiger partial charge on any atom is -0.319 e. The highest BCUT2D eigenvalue weighted by Crippen LogP contribution is 2.60. The maximum atomic E-state index is 5.26. The molecule has 296 valence electrons. The number of benzene rings is 8. The Morgan fingerprint density at radius 2 is 0.762 bits per heavy atom. The van der Waals surface area contributed by atoms with Gasteiger partial charge in [0.25, 0.3) is 0 Å². The number of pyridine rings is 1. The van der Waals surface area contributed by atoms with Crippen molar-refractivity contribution in [2.45, 2.75) is 23.3 Å². The summed E-state index contributed by atoms with van der Waals surface area (Å²) in [5.74, 6) is 0. The summed E-state index contributed by atoms with van der Waals surface area (Å²) in [5.41, 5.74) is 20.1. The van der Waals surface area contributed by atoms with E-state index in [4.69, 9.17) is 4.98 Å². The van der Waals surface area contributed by atoms with Crippen molar-refractivity contribution in [3.8, 4) is 33.4 Å². The quantitative estimate of drug-likeness (QED) is 0.168. The normalized spacial score (nSPS) is 15.1. The number of rotatable bonds is 6. The maximum Gasteiger partial charge on any atom is 0.122 e. The van der Waals surface area contributed by atoms with Crippen molar-refractivity contribution in [2.24, 2.45) is 0 Å². The molecule has 3 heteroatoms. The van der Waals surface area contributed by atoms with Crippen LogP contribution in [0.15, 0.2) is 231 Å². The van der Waals surface area contributed by atoms with E-state index >= 15 is 0 Å². The van der Waals surface area contributed by atoms with Crippen LogP contribution >= 0.6 is 0 Å². The average Bonchev–Trinajstić information content (AvgIpc) is 4.12. The van der Waals surface area contributed by atoms with Gasteiger partial charge in [-0.05, 0) is 114 Å². The van der Waals surface area contributed by atoms with E-state index in [-0.39, 0.29) is 0 Å². The van der Waals surface area contributed by atoms with Crippen LogP contribution in [0.4, 0.5) is 0 Å². The van der Waals surface area contributed by atoms with Gasteiger partial charge >= 0.3 is 0 Å². The Bertz CT molecular complexity index is 3310. The van der Waals surface area contributed by atoms with Gasteiger partial charge in [-0.1, -0.05) is 194 Å². The molecule has 10 aromatic rings. The van der Waals surface area contributed by atoms with Crippen molar-refractivity contribution in [2.75, 3.05) is 0 Å². The summed E-state index contributed by atoms with van der Waals surface area (Å²) in [6.07, 6.45) is 8.00. The van der Waals surface area contributed by atoms with Gasteiger partial charge in [-0.25, -0.2) is 4.98 Å². The SMILES string of the molecule is Cc1ccnc(C2(c3cccc(C4(c5cccc(C6(n7ccnc7)c7ccccc7-c7ccccc76)c5)c5ccccc5-c5ccccc54)c3)c3ccccc3-c3ccccc32)c1. The molecule has 0 atom stereocenters. The third kappa shape index (κ3) is 4.58. The largest absolute Gasteiger partial charge is 0.319 e. The highest BCUT2D eigenvalue weighted by atomic mass is 15.1. The molecular weight excluding hydrogens is 763 g/mol. The van der Waals surface area contributed by atoms with Crippen LogP contribution in [0.25, 0.3) is 33.4 Å². The summed E-state index contributed by atoms with van der Waals surface area (Å²) in [4.78, 5) is 9.94. The molecule has 3 aliphatic carbocycles. The Balaban J connectivity index is 1.14. The monoisotopic (exact) mass is 803 g/mol. The van der Waals surface area contributed by atoms with Gasteiger partial charge in [-0.3, -0.25) is 4.98 Å². The Kier molecular flexibility index (Phi) is 7.57. The molecule has 0 aliphatic heterocycles. The van der Waals surface area contributed by atoms with Gasteiger partial charge < -0.3 is 4.57 Å². The molecule has 13 rings (SSSR count). The van der Waals surface area contributed by atoms with E-state index in [1.54, 1.807) is 0 Å². The second-order valence-corrected chi connectivity index (χ2v) is 17.3. The van der Waals surface area contributed by atoms with E-state index in [1.165, 1.54) is 94.6 Å². The standard InChI is InChI=1S/C60H41N3/c1-40-32-33-62-57(36-40)59(53-28-10-4-22-47(53)48-23-5-11-29-54(48)59)43-18-14-16-41(37-43)58(51-26-8-2-20-45(51)46-21-3-9-27-52(46)58)42-17-15-19-44(38-42)60(63-35-34-61-39-63)55-30-12-6-24-49(55)50-25-7-13-31-56(50)60/h2-39H,1H3. The van der Waals surface area contributed by atoms with Crippen LogP contribution < -0.4 is 0 Å². The fourth-order valence-corrected chi connectivity index (χ4v) is 12.1. The first-order chi connectivity index (χ1) is 31.2. The first-order valence-electron chi connectivity index (χ1n) is 21.9. The van der Waals surface area contributed by atoms with Crippen LogP contribution in [0.2, 0.25) is 0 Å². The maximum absolute atomic E-state index is 5.26. The predicted molar refractivity (Wildman–Crippen MR) is 253 cm³/mol. The summed E-state index contributed by atoms with van der Waals surface area (Å²) in [5, 5.41) is 0. The number of nitrogens with zero attached hydrogens (tertiary/aromatic N) is 3. The molecule has 8 aromatic carbocycles. The molecule has 0 saturated heterocycles. The van der Waals surface area contributed by atoms with Crippen molar-refractivity contribution in [3.63, 3.8) is 0 Å². The van der Waals surface area contributed by atoms with Gasteiger partial charge in [0, 0.05) is 18.6 Å². The van der Waals surface area contributed by atoms with E-state index in [2.05, 4.69) is 229 Å². The lowest BCUT2D eigenvalue weighted by Crippen LogP contribution is -2.36. The van der Waals surface area contributed by atoms with Crippen LogP contribution in [-0.2, 0) is 16.4 Å². The van der Waals surface area contributed by atoms with Crippen molar-refractivity contribution in [1.82, 2.24) is 14.5 Å². The molecule has 0 bridgehead atoms. The van der Waals surface area contributed by atoms with Crippen LogP contribution in [0.3, 0.4) is 0 Å². The Labute approximate surface area is 367 Å². The number of imidazole rings is 1. The van der Waals surface area contributed by atoms with Gasteiger partial charge in [0.15, 0.2) is 0 Å². The summed E-state index contributed by atoms with van der Waals surface area (Å²) in [6, 6.07) is 77.2. The third-order valence-corrected chi connectivity index (χ3v) is 14.5. The van der Waals surface area contributed by atoms with Crippen molar-refractivity contribution in [3.05, 3.63) is 298 Å². The Morgan fingerprint density at radius 3 is 1.22 bits per heavy atom. The molecule has 0 radical (unpaired) electrons. The zero-order valence-corrected chi connectivity index (χ0v) is 34.8. The zero-order valence-electron chi connectivity index (χ0n) is 34.8. The van der Waals surface area contributed by atoms with Gasteiger partial charge in [0.2, 0.25) is 0 Å². The van der Waals surface area contributed by atoms with Gasteiger partial charge in [0.1, 0.15) is 5.54 Å². The van der Waals surface area contributed by atoms with E-state index in [9.17, 15) is 0 Å². The molecule has 0 fully saturated rings. The smallest absolute Gasteiger partial charge is 0.122 e. The lowest BCUT2D eigenvalue weighted by Gasteiger charge is -2.39. The molecule has 0 saturated carbocycles. The van der Waals surface area contributed by atoms with Crippen molar-refractivity contribution >= 4 is 0 Å². The van der Waals surface area contributed by atoms with E-state index < -0.39 is 16.4 Å². The second-order valence-electron chi connectivity index (χ2n) is 17.3. The molecule has 2 heterocycles. The molecule has 0 spiro atoms. The molecule has 3 aliphatic rings. The topological polar surface area (TPSA) is 30.7 Å². The van der Waals surface area contributed by atoms with E-state index in [0.717, 1.165) is 5.69 Å². The first kappa shape index (κ1) is 35.8. The molecule has 3 nitrogen and oxygen atoms in total. The van der Waals surface area contributed by atoms with Crippen LogP contribution in [0, 0.1) is 6.92 Å². The first-order valence-corrected chi connectivity index (χ1v) is 21.9. The van der Waals surface area contributed by atoms with Gasteiger partial charge in [-0.15, -0.1) is 0 Å². The van der Waals surface area contributed by atoms with Crippen LogP contribution in [0.1, 0.15) is 66.9 Å². The van der Waals surface area contributed by atoms with Crippen LogP contribution in [-0.4, -0.2) is 14.5 Å². The van der Waals surface area contributed by atoms with Crippen LogP contribution in [0.5, 0.6) is 0 Å². The van der Waals surface area contributed by atoms with Gasteiger partial charge in [0.05, 0.1) is 22.9 Å². The van der Waals surface area contributed by atoms with E-state index in [1.807, 2.05) is 18.7 Å². The number of fused-ring (bicyclic) bond motifs is 9. The Morgan fingerprint density at radius 1 is 0.365 bits per heavy atom. The highest BCUT2D eigenvalue weighted by Gasteiger charge is 2.52. The average molecular weight is 804 g/mol. The molecule has 0 amide bonds. The molecule has 2 aromatic heterocycles. The fraction of sp³-hybridized carbons (Fsp3) is 0.0667.